The lowest BCUT2D eigenvalue weighted by Gasteiger charge is -2.20. The van der Waals surface area contributed by atoms with Gasteiger partial charge in [0.25, 0.3) is 0 Å². The summed E-state index contributed by atoms with van der Waals surface area (Å²) in [4.78, 5) is 14.4. The molecule has 1 aliphatic heterocycles. The maximum Gasteiger partial charge on any atom is 0.227 e. The Kier molecular flexibility index (Phi) is 5.71. The Morgan fingerprint density at radius 2 is 2.04 bits per heavy atom. The minimum atomic E-state index is 0.188. The van der Waals surface area contributed by atoms with Crippen molar-refractivity contribution in [3.05, 3.63) is 46.8 Å². The predicted octanol–water partition coefficient (Wildman–Crippen LogP) is 2.23. The van der Waals surface area contributed by atoms with E-state index in [0.29, 0.717) is 13.0 Å². The maximum atomic E-state index is 12.4. The molecule has 25 heavy (non-hydrogen) atoms. The van der Waals surface area contributed by atoms with Crippen molar-refractivity contribution in [1.29, 1.82) is 0 Å². The summed E-state index contributed by atoms with van der Waals surface area (Å²) in [6.07, 6.45) is 1.45. The largest absolute Gasteiger partial charge is 0.489 e. The van der Waals surface area contributed by atoms with Gasteiger partial charge in [0, 0.05) is 19.6 Å². The molecule has 1 aliphatic rings. The van der Waals surface area contributed by atoms with Gasteiger partial charge in [0.1, 0.15) is 18.1 Å². The number of hydrogen-bond acceptors (Lipinski definition) is 5. The van der Waals surface area contributed by atoms with Crippen LogP contribution in [0, 0.1) is 13.8 Å². The summed E-state index contributed by atoms with van der Waals surface area (Å²) in [5, 5.41) is 7.24. The van der Waals surface area contributed by atoms with Crippen molar-refractivity contribution in [2.24, 2.45) is 0 Å². The van der Waals surface area contributed by atoms with Gasteiger partial charge in [-0.25, -0.2) is 0 Å². The number of aryl methyl sites for hydroxylation is 2. The molecule has 0 atom stereocenters. The van der Waals surface area contributed by atoms with E-state index in [1.807, 2.05) is 43.0 Å². The lowest BCUT2D eigenvalue weighted by Crippen LogP contribution is -2.35. The molecule has 0 unspecified atom stereocenters. The van der Waals surface area contributed by atoms with Gasteiger partial charge in [0.2, 0.25) is 5.91 Å². The number of carbonyl (C=O) groups is 1. The Morgan fingerprint density at radius 1 is 1.24 bits per heavy atom. The van der Waals surface area contributed by atoms with E-state index >= 15 is 0 Å². The van der Waals surface area contributed by atoms with Crippen molar-refractivity contribution in [2.45, 2.75) is 33.3 Å². The molecule has 1 aromatic heterocycles. The summed E-state index contributed by atoms with van der Waals surface area (Å²) in [5.41, 5.74) is 2.84. The summed E-state index contributed by atoms with van der Waals surface area (Å²) >= 11 is 0. The molecule has 0 aliphatic carbocycles. The first-order valence-corrected chi connectivity index (χ1v) is 8.75. The molecule has 1 amide bonds. The topological polar surface area (TPSA) is 67.6 Å². The van der Waals surface area contributed by atoms with E-state index in [1.54, 1.807) is 0 Å². The quantitative estimate of drug-likeness (QED) is 0.902. The predicted molar refractivity (Wildman–Crippen MR) is 94.5 cm³/mol. The lowest BCUT2D eigenvalue weighted by atomic mass is 10.1. The van der Waals surface area contributed by atoms with Gasteiger partial charge < -0.3 is 19.5 Å². The van der Waals surface area contributed by atoms with E-state index in [4.69, 9.17) is 9.26 Å². The SMILES string of the molecule is Cc1noc(C)c1COc1ccc(CC(=O)N2CCCNCC2)cc1. The van der Waals surface area contributed by atoms with Crippen LogP contribution < -0.4 is 10.1 Å². The fourth-order valence-corrected chi connectivity index (χ4v) is 2.95. The van der Waals surface area contributed by atoms with E-state index in [1.165, 1.54) is 0 Å². The van der Waals surface area contributed by atoms with Gasteiger partial charge in [-0.1, -0.05) is 17.3 Å². The Morgan fingerprint density at radius 3 is 2.76 bits per heavy atom. The fraction of sp³-hybridized carbons (Fsp3) is 0.474. The summed E-state index contributed by atoms with van der Waals surface area (Å²) < 4.78 is 10.9. The first-order chi connectivity index (χ1) is 12.1. The van der Waals surface area contributed by atoms with Crippen LogP contribution in [-0.4, -0.2) is 42.1 Å². The summed E-state index contributed by atoms with van der Waals surface area (Å²) in [6.45, 7) is 7.71. The number of nitrogens with one attached hydrogen (secondary N) is 1. The molecular weight excluding hydrogens is 318 g/mol. The van der Waals surface area contributed by atoms with Gasteiger partial charge in [-0.3, -0.25) is 4.79 Å². The molecule has 2 heterocycles. The fourth-order valence-electron chi connectivity index (χ4n) is 2.95. The molecule has 6 heteroatoms. The van der Waals surface area contributed by atoms with Crippen molar-refractivity contribution < 1.29 is 14.1 Å². The van der Waals surface area contributed by atoms with Crippen molar-refractivity contribution in [1.82, 2.24) is 15.4 Å². The minimum absolute atomic E-state index is 0.188. The van der Waals surface area contributed by atoms with Gasteiger partial charge in [-0.2, -0.15) is 0 Å². The van der Waals surface area contributed by atoms with Gasteiger partial charge in [0.15, 0.2) is 0 Å². The summed E-state index contributed by atoms with van der Waals surface area (Å²) in [5.74, 6) is 1.75. The van der Waals surface area contributed by atoms with Gasteiger partial charge >= 0.3 is 0 Å². The van der Waals surface area contributed by atoms with Gasteiger partial charge in [0.05, 0.1) is 17.7 Å². The molecule has 1 aromatic carbocycles. The highest BCUT2D eigenvalue weighted by atomic mass is 16.5. The van der Waals surface area contributed by atoms with Crippen LogP contribution in [0.25, 0.3) is 0 Å². The second-order valence-electron chi connectivity index (χ2n) is 6.40. The second kappa shape index (κ2) is 8.16. The Hall–Kier alpha value is -2.34. The molecule has 3 rings (SSSR count). The maximum absolute atomic E-state index is 12.4. The van der Waals surface area contributed by atoms with Crippen molar-refractivity contribution in [2.75, 3.05) is 26.2 Å². The van der Waals surface area contributed by atoms with E-state index in [9.17, 15) is 4.79 Å². The molecule has 0 radical (unpaired) electrons. The molecule has 1 saturated heterocycles. The molecule has 0 saturated carbocycles. The Balaban J connectivity index is 1.54. The second-order valence-corrected chi connectivity index (χ2v) is 6.40. The van der Waals surface area contributed by atoms with Gasteiger partial charge in [-0.15, -0.1) is 0 Å². The number of hydrogen-bond donors (Lipinski definition) is 1. The molecule has 0 spiro atoms. The van der Waals surface area contributed by atoms with E-state index in [-0.39, 0.29) is 5.91 Å². The van der Waals surface area contributed by atoms with Crippen LogP contribution in [0.2, 0.25) is 0 Å². The zero-order valence-electron chi connectivity index (χ0n) is 14.9. The first kappa shape index (κ1) is 17.5. The standard InChI is InChI=1S/C19H25N3O3/c1-14-18(15(2)25-21-14)13-24-17-6-4-16(5-7-17)12-19(23)22-10-3-8-20-9-11-22/h4-7,20H,3,8-13H2,1-2H3. The Bertz CT molecular complexity index is 682. The van der Waals surface area contributed by atoms with Crippen LogP contribution in [0.1, 0.15) is 29.0 Å². The average molecular weight is 343 g/mol. The van der Waals surface area contributed by atoms with E-state index in [0.717, 1.165) is 60.9 Å². The Labute approximate surface area is 148 Å². The van der Waals surface area contributed by atoms with Crippen LogP contribution in [0.3, 0.4) is 0 Å². The lowest BCUT2D eigenvalue weighted by molar-refractivity contribution is -0.130. The zero-order valence-corrected chi connectivity index (χ0v) is 14.9. The molecule has 2 aromatic rings. The monoisotopic (exact) mass is 343 g/mol. The third kappa shape index (κ3) is 4.60. The van der Waals surface area contributed by atoms with Crippen LogP contribution in [0.4, 0.5) is 0 Å². The molecule has 0 bridgehead atoms. The van der Waals surface area contributed by atoms with Gasteiger partial charge in [-0.05, 0) is 44.5 Å². The van der Waals surface area contributed by atoms with Crippen molar-refractivity contribution in [3.8, 4) is 5.75 Å². The van der Waals surface area contributed by atoms with E-state index in [2.05, 4.69) is 10.5 Å². The van der Waals surface area contributed by atoms with Crippen LogP contribution in [0.5, 0.6) is 5.75 Å². The molecule has 134 valence electrons. The van der Waals surface area contributed by atoms with Crippen LogP contribution in [0.15, 0.2) is 28.8 Å². The number of amides is 1. The summed E-state index contributed by atoms with van der Waals surface area (Å²) in [6, 6.07) is 7.73. The van der Waals surface area contributed by atoms with E-state index < -0.39 is 0 Å². The molecule has 1 fully saturated rings. The molecular formula is C19H25N3O3. The average Bonchev–Trinajstić information content (AvgIpc) is 2.83. The number of benzene rings is 1. The van der Waals surface area contributed by atoms with Crippen molar-refractivity contribution in [3.63, 3.8) is 0 Å². The third-order valence-electron chi connectivity index (χ3n) is 4.54. The number of rotatable bonds is 5. The highest BCUT2D eigenvalue weighted by molar-refractivity contribution is 5.78. The first-order valence-electron chi connectivity index (χ1n) is 8.75. The number of aromatic nitrogens is 1. The van der Waals surface area contributed by atoms with Crippen LogP contribution in [-0.2, 0) is 17.8 Å². The zero-order chi connectivity index (χ0) is 17.6. The number of nitrogens with zero attached hydrogens (tertiary/aromatic N) is 2. The van der Waals surface area contributed by atoms with Crippen LogP contribution >= 0.6 is 0 Å². The highest BCUT2D eigenvalue weighted by Gasteiger charge is 2.15. The third-order valence-corrected chi connectivity index (χ3v) is 4.54. The minimum Gasteiger partial charge on any atom is -0.489 e. The van der Waals surface area contributed by atoms with Crippen molar-refractivity contribution >= 4 is 5.91 Å². The molecule has 1 N–H and O–H groups in total. The number of ether oxygens (including phenoxy) is 1. The normalized spacial score (nSPS) is 15.0. The number of carbonyl (C=O) groups excluding carboxylic acids is 1. The summed E-state index contributed by atoms with van der Waals surface area (Å²) in [7, 11) is 0. The highest BCUT2D eigenvalue weighted by Crippen LogP contribution is 2.18. The smallest absolute Gasteiger partial charge is 0.227 e. The molecule has 6 nitrogen and oxygen atoms in total.